The van der Waals surface area contributed by atoms with Crippen LogP contribution in [-0.4, -0.2) is 5.71 Å². The van der Waals surface area contributed by atoms with Crippen LogP contribution in [-0.2, 0) is 6.42 Å². The summed E-state index contributed by atoms with van der Waals surface area (Å²) >= 11 is 0. The van der Waals surface area contributed by atoms with Crippen LogP contribution < -0.4 is 0 Å². The summed E-state index contributed by atoms with van der Waals surface area (Å²) in [4.78, 5) is 4.75. The average Bonchev–Trinajstić information content (AvgIpc) is 2.71. The lowest BCUT2D eigenvalue weighted by molar-refractivity contribution is 0.886. The van der Waals surface area contributed by atoms with Crippen molar-refractivity contribution < 1.29 is 0 Å². The van der Waals surface area contributed by atoms with Crippen LogP contribution in [0.25, 0.3) is 0 Å². The standard InChI is InChI=1S/C13H17N/c1-2-11-7-3-6-10-13(11)14-12-8-4-5-9-12/h3,6-7,10H,2,4-5,8-9H2,1H3. The lowest BCUT2D eigenvalue weighted by Crippen LogP contribution is -1.88. The van der Waals surface area contributed by atoms with E-state index in [0.717, 1.165) is 6.42 Å². The minimum Gasteiger partial charge on any atom is -0.258 e. The molecule has 74 valence electrons. The molecule has 1 heteroatoms. The van der Waals surface area contributed by atoms with E-state index in [0.29, 0.717) is 0 Å². The third-order valence-corrected chi connectivity index (χ3v) is 2.83. The van der Waals surface area contributed by atoms with Gasteiger partial charge in [-0.15, -0.1) is 0 Å². The maximum atomic E-state index is 4.75. The highest BCUT2D eigenvalue weighted by Gasteiger charge is 2.08. The van der Waals surface area contributed by atoms with Crippen molar-refractivity contribution in [3.05, 3.63) is 29.8 Å². The summed E-state index contributed by atoms with van der Waals surface area (Å²) in [5.74, 6) is 0. The lowest BCUT2D eigenvalue weighted by Gasteiger charge is -2.03. The number of hydrogen-bond acceptors (Lipinski definition) is 1. The maximum absolute atomic E-state index is 4.75. The fraction of sp³-hybridized carbons (Fsp3) is 0.462. The molecule has 0 aliphatic heterocycles. The Kier molecular flexibility index (Phi) is 2.97. The summed E-state index contributed by atoms with van der Waals surface area (Å²) in [6.45, 7) is 2.19. The van der Waals surface area contributed by atoms with Crippen molar-refractivity contribution in [3.63, 3.8) is 0 Å². The van der Waals surface area contributed by atoms with E-state index in [2.05, 4.69) is 31.2 Å². The molecular formula is C13H17N. The predicted molar refractivity (Wildman–Crippen MR) is 61.4 cm³/mol. The fourth-order valence-corrected chi connectivity index (χ4v) is 1.98. The number of aryl methyl sites for hydroxylation is 1. The first-order chi connectivity index (χ1) is 6.90. The van der Waals surface area contributed by atoms with Crippen molar-refractivity contribution in [2.75, 3.05) is 0 Å². The summed E-state index contributed by atoms with van der Waals surface area (Å²) in [6, 6.07) is 8.48. The number of benzene rings is 1. The van der Waals surface area contributed by atoms with Gasteiger partial charge in [-0.1, -0.05) is 25.1 Å². The van der Waals surface area contributed by atoms with Crippen molar-refractivity contribution in [1.29, 1.82) is 0 Å². The van der Waals surface area contributed by atoms with Gasteiger partial charge in [-0.2, -0.15) is 0 Å². The second-order valence-corrected chi connectivity index (χ2v) is 3.87. The summed E-state index contributed by atoms with van der Waals surface area (Å²) < 4.78 is 0. The molecule has 1 aliphatic carbocycles. The van der Waals surface area contributed by atoms with E-state index in [-0.39, 0.29) is 0 Å². The molecule has 0 saturated heterocycles. The Morgan fingerprint density at radius 3 is 2.57 bits per heavy atom. The third-order valence-electron chi connectivity index (χ3n) is 2.83. The van der Waals surface area contributed by atoms with Crippen LogP contribution in [0.4, 0.5) is 5.69 Å². The van der Waals surface area contributed by atoms with Crippen LogP contribution in [0.5, 0.6) is 0 Å². The summed E-state index contributed by atoms with van der Waals surface area (Å²) in [6.07, 6.45) is 6.14. The number of nitrogens with zero attached hydrogens (tertiary/aromatic N) is 1. The zero-order valence-corrected chi connectivity index (χ0v) is 8.79. The molecule has 0 heterocycles. The van der Waals surface area contributed by atoms with E-state index in [9.17, 15) is 0 Å². The summed E-state index contributed by atoms with van der Waals surface area (Å²) in [7, 11) is 0. The smallest absolute Gasteiger partial charge is 0.0660 e. The lowest BCUT2D eigenvalue weighted by atomic mass is 10.1. The highest BCUT2D eigenvalue weighted by Crippen LogP contribution is 2.23. The van der Waals surface area contributed by atoms with Crippen molar-refractivity contribution in [3.8, 4) is 0 Å². The fourth-order valence-electron chi connectivity index (χ4n) is 1.98. The quantitative estimate of drug-likeness (QED) is 0.666. The van der Waals surface area contributed by atoms with Gasteiger partial charge in [0.25, 0.3) is 0 Å². The molecule has 0 amide bonds. The Morgan fingerprint density at radius 2 is 1.86 bits per heavy atom. The van der Waals surface area contributed by atoms with Gasteiger partial charge in [-0.05, 0) is 43.7 Å². The second-order valence-electron chi connectivity index (χ2n) is 3.87. The Bertz CT molecular complexity index is 331. The number of hydrogen-bond donors (Lipinski definition) is 0. The SMILES string of the molecule is CCc1ccccc1N=C1CCCC1. The molecular weight excluding hydrogens is 170 g/mol. The molecule has 1 aromatic carbocycles. The first-order valence-electron chi connectivity index (χ1n) is 5.54. The molecule has 0 aromatic heterocycles. The van der Waals surface area contributed by atoms with Gasteiger partial charge in [0.15, 0.2) is 0 Å². The van der Waals surface area contributed by atoms with Gasteiger partial charge < -0.3 is 0 Å². The minimum atomic E-state index is 1.08. The first kappa shape index (κ1) is 9.45. The van der Waals surface area contributed by atoms with E-state index in [1.807, 2.05) is 0 Å². The van der Waals surface area contributed by atoms with Crippen LogP contribution in [0.2, 0.25) is 0 Å². The van der Waals surface area contributed by atoms with Gasteiger partial charge in [0.2, 0.25) is 0 Å². The van der Waals surface area contributed by atoms with Crippen molar-refractivity contribution in [2.24, 2.45) is 4.99 Å². The van der Waals surface area contributed by atoms with Crippen LogP contribution in [0, 0.1) is 0 Å². The largest absolute Gasteiger partial charge is 0.258 e. The Balaban J connectivity index is 2.26. The van der Waals surface area contributed by atoms with Crippen molar-refractivity contribution in [1.82, 2.24) is 0 Å². The normalized spacial score (nSPS) is 15.9. The molecule has 1 fully saturated rings. The number of aliphatic imine (C=N–C) groups is 1. The molecule has 0 N–H and O–H groups in total. The first-order valence-corrected chi connectivity index (χ1v) is 5.54. The number of para-hydroxylation sites is 1. The van der Waals surface area contributed by atoms with Gasteiger partial charge in [-0.25, -0.2) is 0 Å². The monoisotopic (exact) mass is 187 g/mol. The highest BCUT2D eigenvalue weighted by molar-refractivity contribution is 5.88. The summed E-state index contributed by atoms with van der Waals surface area (Å²) in [5, 5.41) is 0. The van der Waals surface area contributed by atoms with Gasteiger partial charge in [0.1, 0.15) is 0 Å². The second kappa shape index (κ2) is 4.41. The molecule has 0 atom stereocenters. The third kappa shape index (κ3) is 2.03. The highest BCUT2D eigenvalue weighted by atomic mass is 14.8. The van der Waals surface area contributed by atoms with E-state index in [4.69, 9.17) is 4.99 Å². The van der Waals surface area contributed by atoms with Crippen molar-refractivity contribution >= 4 is 11.4 Å². The average molecular weight is 187 g/mol. The molecule has 1 aromatic rings. The minimum absolute atomic E-state index is 1.08. The van der Waals surface area contributed by atoms with Crippen LogP contribution in [0.1, 0.15) is 38.2 Å². The molecule has 2 rings (SSSR count). The predicted octanol–water partition coefficient (Wildman–Crippen LogP) is 3.90. The molecule has 1 aliphatic rings. The Labute approximate surface area is 85.9 Å². The molecule has 14 heavy (non-hydrogen) atoms. The van der Waals surface area contributed by atoms with Crippen LogP contribution >= 0.6 is 0 Å². The zero-order valence-electron chi connectivity index (χ0n) is 8.79. The van der Waals surface area contributed by atoms with Gasteiger partial charge >= 0.3 is 0 Å². The zero-order chi connectivity index (χ0) is 9.80. The number of rotatable bonds is 2. The van der Waals surface area contributed by atoms with Crippen molar-refractivity contribution in [2.45, 2.75) is 39.0 Å². The summed E-state index contributed by atoms with van der Waals surface area (Å²) in [5.41, 5.74) is 3.95. The van der Waals surface area contributed by atoms with Crippen LogP contribution in [0.3, 0.4) is 0 Å². The molecule has 1 saturated carbocycles. The van der Waals surface area contributed by atoms with Crippen LogP contribution in [0.15, 0.2) is 29.3 Å². The Hall–Kier alpha value is -1.11. The molecule has 0 bridgehead atoms. The molecule has 0 spiro atoms. The van der Waals surface area contributed by atoms with Gasteiger partial charge in [0.05, 0.1) is 5.69 Å². The van der Waals surface area contributed by atoms with Gasteiger partial charge in [0, 0.05) is 5.71 Å². The van der Waals surface area contributed by atoms with E-state index in [1.165, 1.54) is 42.6 Å². The Morgan fingerprint density at radius 1 is 1.14 bits per heavy atom. The van der Waals surface area contributed by atoms with E-state index in [1.54, 1.807) is 0 Å². The molecule has 0 unspecified atom stereocenters. The maximum Gasteiger partial charge on any atom is 0.0660 e. The topological polar surface area (TPSA) is 12.4 Å². The molecule has 0 radical (unpaired) electrons. The van der Waals surface area contributed by atoms with Gasteiger partial charge in [-0.3, -0.25) is 4.99 Å². The molecule has 1 nitrogen and oxygen atoms in total. The van der Waals surface area contributed by atoms with E-state index < -0.39 is 0 Å². The van der Waals surface area contributed by atoms with E-state index >= 15 is 0 Å².